The van der Waals surface area contributed by atoms with E-state index in [1.54, 1.807) is 34.4 Å². The third-order valence-corrected chi connectivity index (χ3v) is 6.85. The van der Waals surface area contributed by atoms with E-state index in [-0.39, 0.29) is 0 Å². The summed E-state index contributed by atoms with van der Waals surface area (Å²) >= 11 is 5.00. The summed E-state index contributed by atoms with van der Waals surface area (Å²) in [6.45, 7) is 1.93. The first-order chi connectivity index (χ1) is 12.7. The molecule has 3 heterocycles. The highest BCUT2D eigenvalue weighted by atomic mass is 32.2. The Hall–Kier alpha value is -1.74. The fourth-order valence-corrected chi connectivity index (χ4v) is 5.42. The molecule has 0 aliphatic rings. The molecule has 134 valence electrons. The lowest BCUT2D eigenvalue weighted by Crippen LogP contribution is -2.15. The molecule has 3 aromatic heterocycles. The predicted octanol–water partition coefficient (Wildman–Crippen LogP) is 4.72. The van der Waals surface area contributed by atoms with E-state index < -0.39 is 0 Å². The molecule has 26 heavy (non-hydrogen) atoms. The molecule has 0 radical (unpaired) electrons. The third-order valence-electron chi connectivity index (χ3n) is 3.90. The summed E-state index contributed by atoms with van der Waals surface area (Å²) in [4.78, 5) is 8.08. The fraction of sp³-hybridized carbons (Fsp3) is 0.278. The summed E-state index contributed by atoms with van der Waals surface area (Å²) in [7, 11) is 4.20. The van der Waals surface area contributed by atoms with E-state index in [0.717, 1.165) is 45.2 Å². The zero-order valence-corrected chi connectivity index (χ0v) is 17.1. The Labute approximate surface area is 164 Å². The van der Waals surface area contributed by atoms with Crippen LogP contribution in [0.4, 0.5) is 0 Å². The van der Waals surface area contributed by atoms with Gasteiger partial charge in [-0.25, -0.2) is 4.98 Å². The molecule has 0 aliphatic heterocycles. The van der Waals surface area contributed by atoms with Gasteiger partial charge in [-0.05, 0) is 62.4 Å². The lowest BCUT2D eigenvalue weighted by atomic mass is 10.3. The lowest BCUT2D eigenvalue weighted by Gasteiger charge is -2.12. The average Bonchev–Trinajstić information content (AvgIpc) is 3.34. The van der Waals surface area contributed by atoms with Crippen molar-refractivity contribution in [1.29, 1.82) is 0 Å². The quantitative estimate of drug-likeness (QED) is 0.448. The number of nitrogens with zero attached hydrogens (tertiary/aromatic N) is 5. The molecule has 5 nitrogen and oxygen atoms in total. The van der Waals surface area contributed by atoms with Crippen molar-refractivity contribution in [2.45, 2.75) is 22.5 Å². The normalized spacial score (nSPS) is 11.7. The molecule has 8 heteroatoms. The summed E-state index contributed by atoms with van der Waals surface area (Å²) in [5.41, 5.74) is 1.04. The van der Waals surface area contributed by atoms with Crippen LogP contribution in [0.15, 0.2) is 51.3 Å². The van der Waals surface area contributed by atoms with Crippen molar-refractivity contribution in [3.05, 3.63) is 41.8 Å². The van der Waals surface area contributed by atoms with Crippen molar-refractivity contribution in [2.75, 3.05) is 20.6 Å². The smallest absolute Gasteiger partial charge is 0.198 e. The van der Waals surface area contributed by atoms with E-state index in [1.807, 2.05) is 12.1 Å². The van der Waals surface area contributed by atoms with Crippen LogP contribution in [-0.2, 0) is 6.54 Å². The molecule has 0 saturated heterocycles. The largest absolute Gasteiger partial charge is 0.309 e. The number of thiazole rings is 1. The summed E-state index contributed by atoms with van der Waals surface area (Å²) in [5, 5.41) is 11.9. The average molecular weight is 402 g/mol. The molecule has 0 saturated carbocycles. The molecule has 4 rings (SSSR count). The molecule has 0 spiro atoms. The maximum absolute atomic E-state index is 4.72. The van der Waals surface area contributed by atoms with E-state index in [1.165, 1.54) is 4.70 Å². The van der Waals surface area contributed by atoms with Gasteiger partial charge in [-0.2, -0.15) is 0 Å². The van der Waals surface area contributed by atoms with Gasteiger partial charge in [0.15, 0.2) is 15.3 Å². The topological polar surface area (TPSA) is 46.8 Å². The number of fused-ring (bicyclic) bond motifs is 1. The number of rotatable bonds is 7. The molecule has 0 N–H and O–H groups in total. The van der Waals surface area contributed by atoms with Gasteiger partial charge in [0.05, 0.1) is 15.1 Å². The van der Waals surface area contributed by atoms with Crippen LogP contribution < -0.4 is 0 Å². The van der Waals surface area contributed by atoms with Crippen LogP contribution in [0.5, 0.6) is 0 Å². The Morgan fingerprint density at radius 1 is 1.12 bits per heavy atom. The number of hydrogen-bond donors (Lipinski definition) is 0. The van der Waals surface area contributed by atoms with E-state index in [4.69, 9.17) is 4.98 Å². The highest BCUT2D eigenvalue weighted by Crippen LogP contribution is 2.35. The molecule has 0 aliphatic carbocycles. The zero-order valence-electron chi connectivity index (χ0n) is 14.6. The summed E-state index contributed by atoms with van der Waals surface area (Å²) in [6, 6.07) is 12.4. The number of aromatic nitrogens is 4. The predicted molar refractivity (Wildman–Crippen MR) is 110 cm³/mol. The maximum Gasteiger partial charge on any atom is 0.198 e. The molecule has 0 atom stereocenters. The monoisotopic (exact) mass is 401 g/mol. The van der Waals surface area contributed by atoms with Crippen LogP contribution >= 0.6 is 34.4 Å². The van der Waals surface area contributed by atoms with E-state index in [2.05, 4.69) is 63.4 Å². The van der Waals surface area contributed by atoms with Gasteiger partial charge < -0.3 is 9.47 Å². The lowest BCUT2D eigenvalue weighted by molar-refractivity contribution is 0.383. The van der Waals surface area contributed by atoms with E-state index in [0.29, 0.717) is 0 Å². The van der Waals surface area contributed by atoms with Gasteiger partial charge in [-0.15, -0.1) is 32.9 Å². The SMILES string of the molecule is CN(C)CCCn1c(Sc2nc3ccccc3s2)nnc1-c1cccs1. The van der Waals surface area contributed by atoms with E-state index in [9.17, 15) is 0 Å². The maximum atomic E-state index is 4.72. The molecule has 0 unspecified atom stereocenters. The zero-order chi connectivity index (χ0) is 17.9. The Balaban J connectivity index is 1.63. The number of para-hydroxylation sites is 1. The van der Waals surface area contributed by atoms with Gasteiger partial charge in [0.1, 0.15) is 0 Å². The minimum atomic E-state index is 0.894. The number of benzene rings is 1. The minimum absolute atomic E-state index is 0.894. The van der Waals surface area contributed by atoms with Crippen LogP contribution in [0.1, 0.15) is 6.42 Å². The summed E-state index contributed by atoms with van der Waals surface area (Å²) in [5.74, 6) is 0.947. The van der Waals surface area contributed by atoms with Crippen molar-refractivity contribution in [3.8, 4) is 10.7 Å². The molecule has 0 bridgehead atoms. The van der Waals surface area contributed by atoms with Crippen molar-refractivity contribution in [1.82, 2.24) is 24.6 Å². The Bertz CT molecular complexity index is 955. The van der Waals surface area contributed by atoms with Crippen LogP contribution in [0.25, 0.3) is 20.9 Å². The van der Waals surface area contributed by atoms with Crippen LogP contribution in [0.3, 0.4) is 0 Å². The highest BCUT2D eigenvalue weighted by Gasteiger charge is 2.17. The molecule has 0 fully saturated rings. The Kier molecular flexibility index (Phi) is 5.35. The first-order valence-electron chi connectivity index (χ1n) is 8.36. The third kappa shape index (κ3) is 3.83. The standard InChI is InChI=1S/C18H19N5S3/c1-22(2)10-6-11-23-16(15-9-5-12-24-15)20-21-17(23)26-18-19-13-7-3-4-8-14(13)25-18/h3-5,7-9,12H,6,10-11H2,1-2H3. The van der Waals surface area contributed by atoms with Crippen molar-refractivity contribution in [2.24, 2.45) is 0 Å². The summed E-state index contributed by atoms with van der Waals surface area (Å²) < 4.78 is 4.43. The number of hydrogen-bond acceptors (Lipinski definition) is 7. The van der Waals surface area contributed by atoms with Crippen LogP contribution in [0, 0.1) is 0 Å². The molecular formula is C18H19N5S3. The first-order valence-corrected chi connectivity index (χ1v) is 10.9. The minimum Gasteiger partial charge on any atom is -0.309 e. The van der Waals surface area contributed by atoms with Gasteiger partial charge in [-0.1, -0.05) is 18.2 Å². The van der Waals surface area contributed by atoms with Gasteiger partial charge in [-0.3, -0.25) is 0 Å². The summed E-state index contributed by atoms with van der Waals surface area (Å²) in [6.07, 6.45) is 1.05. The van der Waals surface area contributed by atoms with Crippen molar-refractivity contribution < 1.29 is 0 Å². The molecular weight excluding hydrogens is 382 g/mol. The molecule has 1 aromatic carbocycles. The second-order valence-electron chi connectivity index (χ2n) is 6.14. The first kappa shape index (κ1) is 17.7. The Morgan fingerprint density at radius 3 is 2.77 bits per heavy atom. The van der Waals surface area contributed by atoms with Gasteiger partial charge in [0, 0.05) is 6.54 Å². The second-order valence-corrected chi connectivity index (χ2v) is 9.33. The molecule has 4 aromatic rings. The van der Waals surface area contributed by atoms with Gasteiger partial charge in [0.2, 0.25) is 0 Å². The Morgan fingerprint density at radius 2 is 2.00 bits per heavy atom. The van der Waals surface area contributed by atoms with Gasteiger partial charge in [0.25, 0.3) is 0 Å². The van der Waals surface area contributed by atoms with Crippen molar-refractivity contribution >= 4 is 44.7 Å². The number of thiophene rings is 1. The van der Waals surface area contributed by atoms with E-state index >= 15 is 0 Å². The van der Waals surface area contributed by atoms with Crippen molar-refractivity contribution in [3.63, 3.8) is 0 Å². The van der Waals surface area contributed by atoms with Gasteiger partial charge >= 0.3 is 0 Å². The molecule has 0 amide bonds. The van der Waals surface area contributed by atoms with Crippen LogP contribution in [0.2, 0.25) is 0 Å². The van der Waals surface area contributed by atoms with Crippen LogP contribution in [-0.4, -0.2) is 45.3 Å². The fourth-order valence-electron chi connectivity index (χ4n) is 2.67. The second kappa shape index (κ2) is 7.87. The highest BCUT2D eigenvalue weighted by molar-refractivity contribution is 8.01.